The molecular formula is C24H28N2O4S. The number of benzene rings is 3. The number of sulfonamides is 1. The van der Waals surface area contributed by atoms with E-state index in [4.69, 9.17) is 14.6 Å². The maximum absolute atomic E-state index is 11.4. The molecule has 0 saturated carbocycles. The summed E-state index contributed by atoms with van der Waals surface area (Å²) < 4.78 is 34.4. The van der Waals surface area contributed by atoms with Gasteiger partial charge in [-0.15, -0.1) is 0 Å². The lowest BCUT2D eigenvalue weighted by Crippen LogP contribution is -2.18. The van der Waals surface area contributed by atoms with Crippen LogP contribution >= 0.6 is 0 Å². The molecule has 0 heterocycles. The molecule has 3 N–H and O–H groups in total. The van der Waals surface area contributed by atoms with Crippen LogP contribution in [0, 0.1) is 6.92 Å². The fourth-order valence-corrected chi connectivity index (χ4v) is 3.76. The molecule has 3 aromatic rings. The van der Waals surface area contributed by atoms with Gasteiger partial charge in [-0.05, 0) is 54.8 Å². The van der Waals surface area contributed by atoms with E-state index in [1.165, 1.54) is 17.7 Å². The standard InChI is InChI=1S/C24H28N2O4S/c1-18-6-3-4-7-21(18)17-30-24-20(8-5-9-23(24)29-2)16-26-15-14-19-10-12-22(13-11-19)31(25,27)28/h3-13,26H,14-17H2,1-2H3,(H2,25,27,28). The molecule has 31 heavy (non-hydrogen) atoms. The van der Waals surface area contributed by atoms with Crippen molar-refractivity contribution in [1.82, 2.24) is 5.32 Å². The van der Waals surface area contributed by atoms with E-state index in [0.717, 1.165) is 35.4 Å². The van der Waals surface area contributed by atoms with Crippen LogP contribution in [0.5, 0.6) is 11.5 Å². The van der Waals surface area contributed by atoms with Gasteiger partial charge in [-0.2, -0.15) is 0 Å². The zero-order chi connectivity index (χ0) is 22.3. The van der Waals surface area contributed by atoms with Crippen molar-refractivity contribution in [1.29, 1.82) is 0 Å². The predicted octanol–water partition coefficient (Wildman–Crippen LogP) is 3.56. The van der Waals surface area contributed by atoms with Gasteiger partial charge < -0.3 is 14.8 Å². The van der Waals surface area contributed by atoms with Crippen molar-refractivity contribution in [3.63, 3.8) is 0 Å². The fourth-order valence-electron chi connectivity index (χ4n) is 3.25. The molecule has 3 rings (SSSR count). The van der Waals surface area contributed by atoms with Gasteiger partial charge >= 0.3 is 0 Å². The highest BCUT2D eigenvalue weighted by atomic mass is 32.2. The molecule has 0 bridgehead atoms. The molecule has 0 aromatic heterocycles. The van der Waals surface area contributed by atoms with Crippen LogP contribution in [-0.2, 0) is 29.6 Å². The van der Waals surface area contributed by atoms with Crippen LogP contribution in [0.1, 0.15) is 22.3 Å². The zero-order valence-corrected chi connectivity index (χ0v) is 18.6. The van der Waals surface area contributed by atoms with Gasteiger partial charge in [0.15, 0.2) is 11.5 Å². The number of rotatable bonds is 10. The minimum atomic E-state index is -3.66. The number of nitrogens with two attached hydrogens (primary N) is 1. The third kappa shape index (κ3) is 6.30. The normalized spacial score (nSPS) is 11.3. The molecule has 0 aliphatic rings. The summed E-state index contributed by atoms with van der Waals surface area (Å²) in [6.45, 7) is 3.88. The molecule has 0 aliphatic heterocycles. The predicted molar refractivity (Wildman–Crippen MR) is 122 cm³/mol. The number of para-hydroxylation sites is 1. The largest absolute Gasteiger partial charge is 0.493 e. The van der Waals surface area contributed by atoms with E-state index in [-0.39, 0.29) is 4.90 Å². The summed E-state index contributed by atoms with van der Waals surface area (Å²) in [7, 11) is -2.02. The van der Waals surface area contributed by atoms with Gasteiger partial charge in [-0.1, -0.05) is 48.5 Å². The second-order valence-corrected chi connectivity index (χ2v) is 8.84. The Balaban J connectivity index is 1.60. The Labute approximate surface area is 184 Å². The number of methoxy groups -OCH3 is 1. The van der Waals surface area contributed by atoms with Crippen LogP contribution in [-0.4, -0.2) is 22.1 Å². The maximum atomic E-state index is 11.4. The SMILES string of the molecule is COc1cccc(CNCCc2ccc(S(N)(=O)=O)cc2)c1OCc1ccccc1C. The van der Waals surface area contributed by atoms with E-state index < -0.39 is 10.0 Å². The summed E-state index contributed by atoms with van der Waals surface area (Å²) in [6.07, 6.45) is 0.758. The zero-order valence-electron chi connectivity index (χ0n) is 17.8. The van der Waals surface area contributed by atoms with Crippen LogP contribution < -0.4 is 19.9 Å². The Bertz CT molecular complexity index is 1110. The molecule has 6 nitrogen and oxygen atoms in total. The van der Waals surface area contributed by atoms with Crippen LogP contribution in [0.2, 0.25) is 0 Å². The van der Waals surface area contributed by atoms with Crippen molar-refractivity contribution in [2.75, 3.05) is 13.7 Å². The van der Waals surface area contributed by atoms with Gasteiger partial charge in [0.2, 0.25) is 10.0 Å². The molecule has 0 radical (unpaired) electrons. The minimum Gasteiger partial charge on any atom is -0.493 e. The number of hydrogen-bond donors (Lipinski definition) is 2. The fraction of sp³-hybridized carbons (Fsp3) is 0.250. The summed E-state index contributed by atoms with van der Waals surface area (Å²) in [5.74, 6) is 1.43. The van der Waals surface area contributed by atoms with Crippen molar-refractivity contribution in [3.05, 3.63) is 89.0 Å². The first-order chi connectivity index (χ1) is 14.9. The first kappa shape index (κ1) is 22.8. The monoisotopic (exact) mass is 440 g/mol. The van der Waals surface area contributed by atoms with E-state index in [1.54, 1.807) is 19.2 Å². The van der Waals surface area contributed by atoms with E-state index in [1.807, 2.05) is 30.3 Å². The third-order valence-electron chi connectivity index (χ3n) is 5.07. The smallest absolute Gasteiger partial charge is 0.238 e. The molecular weight excluding hydrogens is 412 g/mol. The molecule has 0 amide bonds. The minimum absolute atomic E-state index is 0.121. The molecule has 7 heteroatoms. The number of hydrogen-bond acceptors (Lipinski definition) is 5. The highest BCUT2D eigenvalue weighted by Crippen LogP contribution is 2.32. The van der Waals surface area contributed by atoms with Gasteiger partial charge in [-0.25, -0.2) is 13.6 Å². The number of aryl methyl sites for hydroxylation is 1. The summed E-state index contributed by atoms with van der Waals surface area (Å²) in [5.41, 5.74) is 4.36. The number of ether oxygens (including phenoxy) is 2. The first-order valence-corrected chi connectivity index (χ1v) is 11.6. The second-order valence-electron chi connectivity index (χ2n) is 7.28. The Hall–Kier alpha value is -2.87. The summed E-state index contributed by atoms with van der Waals surface area (Å²) >= 11 is 0. The Morgan fingerprint density at radius 3 is 2.32 bits per heavy atom. The molecule has 0 fully saturated rings. The van der Waals surface area contributed by atoms with Crippen molar-refractivity contribution in [2.45, 2.75) is 31.4 Å². The van der Waals surface area contributed by atoms with Gasteiger partial charge in [0.1, 0.15) is 6.61 Å². The van der Waals surface area contributed by atoms with Crippen molar-refractivity contribution < 1.29 is 17.9 Å². The lowest BCUT2D eigenvalue weighted by molar-refractivity contribution is 0.280. The van der Waals surface area contributed by atoms with E-state index >= 15 is 0 Å². The molecule has 0 spiro atoms. The van der Waals surface area contributed by atoms with Crippen molar-refractivity contribution in [2.24, 2.45) is 5.14 Å². The number of primary sulfonamides is 1. The van der Waals surface area contributed by atoms with Crippen LogP contribution in [0.15, 0.2) is 71.6 Å². The quantitative estimate of drug-likeness (QED) is 0.471. The molecule has 0 aliphatic carbocycles. The average Bonchev–Trinajstić information content (AvgIpc) is 2.76. The third-order valence-corrected chi connectivity index (χ3v) is 6.00. The van der Waals surface area contributed by atoms with Gasteiger partial charge in [-0.3, -0.25) is 0 Å². The highest BCUT2D eigenvalue weighted by Gasteiger charge is 2.12. The highest BCUT2D eigenvalue weighted by molar-refractivity contribution is 7.89. The van der Waals surface area contributed by atoms with Crippen LogP contribution in [0.25, 0.3) is 0 Å². The van der Waals surface area contributed by atoms with Gasteiger partial charge in [0.05, 0.1) is 12.0 Å². The molecule has 0 unspecified atom stereocenters. The van der Waals surface area contributed by atoms with Crippen LogP contribution in [0.4, 0.5) is 0 Å². The Kier molecular flexibility index (Phi) is 7.68. The lowest BCUT2D eigenvalue weighted by Gasteiger charge is -2.16. The molecule has 0 atom stereocenters. The topological polar surface area (TPSA) is 90.6 Å². The summed E-state index contributed by atoms with van der Waals surface area (Å²) in [5, 5.41) is 8.56. The van der Waals surface area contributed by atoms with Crippen molar-refractivity contribution in [3.8, 4) is 11.5 Å². The second kappa shape index (κ2) is 10.4. The molecule has 3 aromatic carbocycles. The molecule has 0 saturated heterocycles. The van der Waals surface area contributed by atoms with E-state index in [9.17, 15) is 8.42 Å². The van der Waals surface area contributed by atoms with Crippen molar-refractivity contribution >= 4 is 10.0 Å². The maximum Gasteiger partial charge on any atom is 0.238 e. The Morgan fingerprint density at radius 1 is 0.935 bits per heavy atom. The van der Waals surface area contributed by atoms with Gasteiger partial charge in [0.25, 0.3) is 0 Å². The Morgan fingerprint density at radius 2 is 1.65 bits per heavy atom. The van der Waals surface area contributed by atoms with Crippen LogP contribution in [0.3, 0.4) is 0 Å². The molecule has 164 valence electrons. The number of nitrogens with one attached hydrogen (secondary N) is 1. The van der Waals surface area contributed by atoms with E-state index in [0.29, 0.717) is 18.9 Å². The van der Waals surface area contributed by atoms with Gasteiger partial charge in [0, 0.05) is 12.1 Å². The van der Waals surface area contributed by atoms with E-state index in [2.05, 4.69) is 24.4 Å². The summed E-state index contributed by atoms with van der Waals surface area (Å²) in [4.78, 5) is 0.121. The average molecular weight is 441 g/mol. The first-order valence-electron chi connectivity index (χ1n) is 10.0. The lowest BCUT2D eigenvalue weighted by atomic mass is 10.1. The summed E-state index contributed by atoms with van der Waals surface area (Å²) in [6, 6.07) is 20.6.